The topological polar surface area (TPSA) is 55.5 Å². The third-order valence-electron chi connectivity index (χ3n) is 3.27. The lowest BCUT2D eigenvalue weighted by Gasteiger charge is -2.28. The van der Waals surface area contributed by atoms with E-state index in [4.69, 9.17) is 15.6 Å². The fourth-order valence-electron chi connectivity index (χ4n) is 2.20. The van der Waals surface area contributed by atoms with Crippen LogP contribution in [0.25, 0.3) is 0 Å². The summed E-state index contributed by atoms with van der Waals surface area (Å²) in [6, 6.07) is 6.93. The van der Waals surface area contributed by atoms with E-state index in [1.807, 2.05) is 12.1 Å². The minimum Gasteiger partial charge on any atom is -0.508 e. The minimum atomic E-state index is 0.277. The molecule has 0 unspecified atom stereocenters. The molecule has 1 aromatic rings. The van der Waals surface area contributed by atoms with Crippen molar-refractivity contribution in [2.45, 2.75) is 31.8 Å². The van der Waals surface area contributed by atoms with Crippen molar-refractivity contribution in [2.75, 3.05) is 6.54 Å². The number of hydrogen-bond acceptors (Lipinski definition) is 3. The van der Waals surface area contributed by atoms with Gasteiger partial charge in [-0.3, -0.25) is 0 Å². The SMILES string of the molecule is NCC1CCC(Oc2ccc(O)cc2)CC1. The van der Waals surface area contributed by atoms with Gasteiger partial charge in [-0.15, -0.1) is 0 Å². The Morgan fingerprint density at radius 3 is 2.31 bits per heavy atom. The van der Waals surface area contributed by atoms with E-state index < -0.39 is 0 Å². The molecule has 0 heterocycles. The number of ether oxygens (including phenoxy) is 1. The molecule has 0 aromatic heterocycles. The Morgan fingerprint density at radius 2 is 1.75 bits per heavy atom. The van der Waals surface area contributed by atoms with E-state index in [0.717, 1.165) is 25.1 Å². The molecular formula is C13H19NO2. The second-order valence-corrected chi connectivity index (χ2v) is 4.49. The van der Waals surface area contributed by atoms with Gasteiger partial charge in [-0.2, -0.15) is 0 Å². The second kappa shape index (κ2) is 5.21. The van der Waals surface area contributed by atoms with Crippen molar-refractivity contribution in [1.82, 2.24) is 0 Å². The first-order valence-corrected chi connectivity index (χ1v) is 5.93. The van der Waals surface area contributed by atoms with E-state index in [-0.39, 0.29) is 5.75 Å². The van der Waals surface area contributed by atoms with Crippen LogP contribution in [-0.4, -0.2) is 17.8 Å². The molecule has 3 nitrogen and oxygen atoms in total. The molecule has 0 radical (unpaired) electrons. The first-order chi connectivity index (χ1) is 7.78. The van der Waals surface area contributed by atoms with Gasteiger partial charge in [-0.1, -0.05) is 0 Å². The highest BCUT2D eigenvalue weighted by atomic mass is 16.5. The van der Waals surface area contributed by atoms with Gasteiger partial charge in [0.15, 0.2) is 0 Å². The third kappa shape index (κ3) is 2.89. The monoisotopic (exact) mass is 221 g/mol. The summed E-state index contributed by atoms with van der Waals surface area (Å²) in [4.78, 5) is 0. The van der Waals surface area contributed by atoms with Gasteiger partial charge in [0.2, 0.25) is 0 Å². The van der Waals surface area contributed by atoms with Crippen LogP contribution in [0, 0.1) is 5.92 Å². The van der Waals surface area contributed by atoms with E-state index in [2.05, 4.69) is 0 Å². The molecule has 0 bridgehead atoms. The zero-order valence-electron chi connectivity index (χ0n) is 9.43. The molecule has 0 spiro atoms. The molecule has 0 amide bonds. The average molecular weight is 221 g/mol. The lowest BCUT2D eigenvalue weighted by molar-refractivity contribution is 0.133. The lowest BCUT2D eigenvalue weighted by atomic mass is 9.87. The van der Waals surface area contributed by atoms with Gasteiger partial charge in [0.1, 0.15) is 11.5 Å². The van der Waals surface area contributed by atoms with Crippen molar-refractivity contribution < 1.29 is 9.84 Å². The Morgan fingerprint density at radius 1 is 1.12 bits per heavy atom. The fraction of sp³-hybridized carbons (Fsp3) is 0.538. The summed E-state index contributed by atoms with van der Waals surface area (Å²) >= 11 is 0. The molecular weight excluding hydrogens is 202 g/mol. The molecule has 1 aromatic carbocycles. The lowest BCUT2D eigenvalue weighted by Crippen LogP contribution is -2.27. The van der Waals surface area contributed by atoms with Gasteiger partial charge >= 0.3 is 0 Å². The first kappa shape index (κ1) is 11.3. The predicted octanol–water partition coefficient (Wildman–Crippen LogP) is 2.29. The summed E-state index contributed by atoms with van der Waals surface area (Å²) in [6.45, 7) is 0.798. The highest BCUT2D eigenvalue weighted by Crippen LogP contribution is 2.27. The normalized spacial score (nSPS) is 25.3. The van der Waals surface area contributed by atoms with E-state index in [1.54, 1.807) is 12.1 Å². The Labute approximate surface area is 96.2 Å². The number of hydrogen-bond donors (Lipinski definition) is 2. The van der Waals surface area contributed by atoms with Crippen LogP contribution >= 0.6 is 0 Å². The minimum absolute atomic E-state index is 0.277. The highest BCUT2D eigenvalue weighted by Gasteiger charge is 2.21. The number of phenols is 1. The number of aromatic hydroxyl groups is 1. The van der Waals surface area contributed by atoms with Gasteiger partial charge in [-0.05, 0) is 62.4 Å². The molecule has 0 atom stereocenters. The number of rotatable bonds is 3. The third-order valence-corrected chi connectivity index (χ3v) is 3.27. The van der Waals surface area contributed by atoms with Crippen LogP contribution in [0.1, 0.15) is 25.7 Å². The van der Waals surface area contributed by atoms with E-state index in [0.29, 0.717) is 12.0 Å². The van der Waals surface area contributed by atoms with E-state index in [9.17, 15) is 0 Å². The van der Waals surface area contributed by atoms with Crippen molar-refractivity contribution in [3.63, 3.8) is 0 Å². The van der Waals surface area contributed by atoms with Crippen LogP contribution in [-0.2, 0) is 0 Å². The van der Waals surface area contributed by atoms with Gasteiger partial charge in [0, 0.05) is 0 Å². The molecule has 1 fully saturated rings. The molecule has 1 saturated carbocycles. The Hall–Kier alpha value is -1.22. The summed E-state index contributed by atoms with van der Waals surface area (Å²) in [5.41, 5.74) is 5.65. The first-order valence-electron chi connectivity index (χ1n) is 5.93. The zero-order chi connectivity index (χ0) is 11.4. The molecule has 0 aliphatic heterocycles. The quantitative estimate of drug-likeness (QED) is 0.823. The summed E-state index contributed by atoms with van der Waals surface area (Å²) < 4.78 is 5.85. The maximum atomic E-state index is 9.16. The standard InChI is InChI=1S/C13H19NO2/c14-9-10-1-5-12(6-2-10)16-13-7-3-11(15)4-8-13/h3-4,7-8,10,12,15H,1-2,5-6,9,14H2. The van der Waals surface area contributed by atoms with Crippen molar-refractivity contribution in [3.05, 3.63) is 24.3 Å². The fourth-order valence-corrected chi connectivity index (χ4v) is 2.20. The van der Waals surface area contributed by atoms with Crippen molar-refractivity contribution in [1.29, 1.82) is 0 Å². The molecule has 1 aliphatic carbocycles. The Kier molecular flexibility index (Phi) is 3.67. The van der Waals surface area contributed by atoms with Crippen molar-refractivity contribution in [2.24, 2.45) is 11.7 Å². The maximum absolute atomic E-state index is 9.16. The highest BCUT2D eigenvalue weighted by molar-refractivity contribution is 5.30. The van der Waals surface area contributed by atoms with Gasteiger partial charge in [0.25, 0.3) is 0 Å². The van der Waals surface area contributed by atoms with Crippen LogP contribution in [0.2, 0.25) is 0 Å². The van der Waals surface area contributed by atoms with Crippen LogP contribution in [0.3, 0.4) is 0 Å². The average Bonchev–Trinajstić information content (AvgIpc) is 2.33. The molecule has 0 saturated heterocycles. The second-order valence-electron chi connectivity index (χ2n) is 4.49. The summed E-state index contributed by atoms with van der Waals surface area (Å²) in [6.07, 6.45) is 4.82. The summed E-state index contributed by atoms with van der Waals surface area (Å²) in [5.74, 6) is 1.80. The van der Waals surface area contributed by atoms with Crippen LogP contribution < -0.4 is 10.5 Å². The van der Waals surface area contributed by atoms with Gasteiger partial charge < -0.3 is 15.6 Å². The maximum Gasteiger partial charge on any atom is 0.119 e. The molecule has 88 valence electrons. The van der Waals surface area contributed by atoms with Crippen LogP contribution in [0.4, 0.5) is 0 Å². The van der Waals surface area contributed by atoms with Crippen molar-refractivity contribution in [3.8, 4) is 11.5 Å². The largest absolute Gasteiger partial charge is 0.508 e. The summed E-state index contributed by atoms with van der Waals surface area (Å²) in [7, 11) is 0. The van der Waals surface area contributed by atoms with Crippen molar-refractivity contribution >= 4 is 0 Å². The van der Waals surface area contributed by atoms with Crippen LogP contribution in [0.15, 0.2) is 24.3 Å². The van der Waals surface area contributed by atoms with Gasteiger partial charge in [-0.25, -0.2) is 0 Å². The molecule has 16 heavy (non-hydrogen) atoms. The Balaban J connectivity index is 1.84. The van der Waals surface area contributed by atoms with E-state index in [1.165, 1.54) is 12.8 Å². The number of phenolic OH excluding ortho intramolecular Hbond substituents is 1. The molecule has 1 aliphatic rings. The Bertz CT molecular complexity index is 315. The summed E-state index contributed by atoms with van der Waals surface area (Å²) in [5, 5.41) is 9.16. The smallest absolute Gasteiger partial charge is 0.119 e. The predicted molar refractivity (Wildman–Crippen MR) is 63.5 cm³/mol. The molecule has 2 rings (SSSR count). The zero-order valence-corrected chi connectivity index (χ0v) is 9.43. The van der Waals surface area contributed by atoms with Gasteiger partial charge in [0.05, 0.1) is 6.10 Å². The molecule has 3 heteroatoms. The molecule has 3 N–H and O–H groups in total. The van der Waals surface area contributed by atoms with Crippen LogP contribution in [0.5, 0.6) is 11.5 Å². The number of benzene rings is 1. The van der Waals surface area contributed by atoms with E-state index >= 15 is 0 Å². The number of nitrogens with two attached hydrogens (primary N) is 1.